The van der Waals surface area contributed by atoms with E-state index in [-0.39, 0.29) is 17.1 Å². The van der Waals surface area contributed by atoms with E-state index in [0.29, 0.717) is 0 Å². The van der Waals surface area contributed by atoms with Crippen LogP contribution in [-0.2, 0) is 54.0 Å². The first kappa shape index (κ1) is 34.6. The summed E-state index contributed by atoms with van der Waals surface area (Å²) in [6.07, 6.45) is 7.39. The molecule has 0 aliphatic rings. The molecule has 0 atom stereocenters. The van der Waals surface area contributed by atoms with Crippen LogP contribution in [0.15, 0.2) is 182 Å². The van der Waals surface area contributed by atoms with Crippen LogP contribution in [0, 0.1) is 0 Å². The van der Waals surface area contributed by atoms with Crippen molar-refractivity contribution in [3.63, 3.8) is 0 Å². The summed E-state index contributed by atoms with van der Waals surface area (Å²) < 4.78 is 0. The molecule has 6 aromatic rings. The van der Waals surface area contributed by atoms with Crippen molar-refractivity contribution >= 4 is 15.8 Å². The van der Waals surface area contributed by atoms with Crippen LogP contribution in [0.1, 0.15) is 33.4 Å². The Labute approximate surface area is 284 Å². The van der Waals surface area contributed by atoms with E-state index in [1.165, 1.54) is 70.4 Å². The summed E-state index contributed by atoms with van der Waals surface area (Å²) in [6.45, 7) is 0. The Kier molecular flexibility index (Phi) is 15.3. The van der Waals surface area contributed by atoms with Gasteiger partial charge in [-0.3, -0.25) is 0 Å². The first-order valence-electron chi connectivity index (χ1n) is 15.7. The second kappa shape index (κ2) is 20.0. The van der Waals surface area contributed by atoms with Crippen LogP contribution in [0.3, 0.4) is 0 Å². The van der Waals surface area contributed by atoms with Gasteiger partial charge in [-0.2, -0.15) is 0 Å². The maximum atomic E-state index is 2.26. The van der Waals surface area contributed by atoms with Crippen LogP contribution >= 0.6 is 15.8 Å². The molecule has 0 heterocycles. The fraction of sp³-hybridized carbons (Fsp3) is 0.143. The van der Waals surface area contributed by atoms with Crippen LogP contribution in [0.5, 0.6) is 0 Å². The van der Waals surface area contributed by atoms with Gasteiger partial charge < -0.3 is 0 Å². The minimum Gasteiger partial charge on any atom is -0.0622 e. The van der Waals surface area contributed by atoms with Crippen molar-refractivity contribution < 1.29 is 17.1 Å². The molecule has 0 saturated carbocycles. The molecule has 6 rings (SSSR count). The molecule has 0 fully saturated rings. The number of benzene rings is 6. The zero-order valence-corrected chi connectivity index (χ0v) is 28.8. The average Bonchev–Trinajstić information content (AvgIpc) is 3.08. The standard InChI is InChI=1S/2C21H21P.Cu/c2*1-4-10-19(11-5-1)16-22(17-20-12-6-2-7-13-20)18-21-14-8-3-9-15-21;/h2*1-15H,16-18H2;/p+2. The molecule has 231 valence electrons. The van der Waals surface area contributed by atoms with E-state index >= 15 is 0 Å². The monoisotopic (exact) mass is 673 g/mol. The minimum absolute atomic E-state index is 0. The van der Waals surface area contributed by atoms with Crippen LogP contribution in [0.4, 0.5) is 0 Å². The van der Waals surface area contributed by atoms with Crippen molar-refractivity contribution in [2.24, 2.45) is 0 Å². The Bertz CT molecular complexity index is 1260. The van der Waals surface area contributed by atoms with E-state index in [0.717, 1.165) is 0 Å². The predicted molar refractivity (Wildman–Crippen MR) is 198 cm³/mol. The van der Waals surface area contributed by atoms with Crippen LogP contribution < -0.4 is 0 Å². The molecular weight excluding hydrogens is 630 g/mol. The topological polar surface area (TPSA) is 0 Å². The summed E-state index contributed by atoms with van der Waals surface area (Å²) in [5, 5.41) is 0. The maximum Gasteiger partial charge on any atom is 0.0826 e. The molecular formula is C42H44CuP2+2. The van der Waals surface area contributed by atoms with Gasteiger partial charge in [0.1, 0.15) is 0 Å². The van der Waals surface area contributed by atoms with E-state index in [1.54, 1.807) is 0 Å². The maximum absolute atomic E-state index is 2.26. The molecule has 0 aromatic heterocycles. The summed E-state index contributed by atoms with van der Waals surface area (Å²) in [7, 11) is -1.00. The van der Waals surface area contributed by atoms with E-state index in [2.05, 4.69) is 182 Å². The number of hydrogen-bond donors (Lipinski definition) is 0. The van der Waals surface area contributed by atoms with Crippen LogP contribution in [0.2, 0.25) is 0 Å². The quantitative estimate of drug-likeness (QED) is 0.0896. The Hall–Kier alpha value is -3.30. The second-order valence-corrected chi connectivity index (χ2v) is 16.6. The van der Waals surface area contributed by atoms with Crippen molar-refractivity contribution in [3.8, 4) is 0 Å². The summed E-state index contributed by atoms with van der Waals surface area (Å²) in [6, 6.07) is 65.6. The molecule has 0 unspecified atom stereocenters. The molecule has 0 saturated heterocycles. The van der Waals surface area contributed by atoms with Gasteiger partial charge in [0.25, 0.3) is 0 Å². The van der Waals surface area contributed by atoms with Crippen molar-refractivity contribution in [2.75, 3.05) is 0 Å². The first-order chi connectivity index (χ1) is 21.8. The third kappa shape index (κ3) is 12.9. The Morgan fingerprint density at radius 3 is 0.489 bits per heavy atom. The Balaban J connectivity index is 0.000000200. The van der Waals surface area contributed by atoms with Gasteiger partial charge in [-0.25, -0.2) is 0 Å². The fourth-order valence-corrected chi connectivity index (χ4v) is 11.3. The summed E-state index contributed by atoms with van der Waals surface area (Å²) in [5.41, 5.74) is 8.85. The molecule has 0 bridgehead atoms. The van der Waals surface area contributed by atoms with E-state index in [9.17, 15) is 0 Å². The molecule has 3 heteroatoms. The smallest absolute Gasteiger partial charge is 0.0622 e. The molecule has 0 amide bonds. The predicted octanol–water partition coefficient (Wildman–Crippen LogP) is 11.6. The van der Waals surface area contributed by atoms with Gasteiger partial charge in [-0.1, -0.05) is 182 Å². The first-order valence-corrected chi connectivity index (χ1v) is 19.9. The largest absolute Gasteiger partial charge is 0.0826 e. The second-order valence-electron chi connectivity index (χ2n) is 11.5. The van der Waals surface area contributed by atoms with Crippen LogP contribution in [-0.4, -0.2) is 0 Å². The van der Waals surface area contributed by atoms with Gasteiger partial charge in [-0.05, 0) is 33.4 Å². The molecule has 0 aliphatic heterocycles. The van der Waals surface area contributed by atoms with Crippen molar-refractivity contribution in [1.29, 1.82) is 0 Å². The number of rotatable bonds is 12. The van der Waals surface area contributed by atoms with Gasteiger partial charge in [0.2, 0.25) is 0 Å². The Morgan fingerprint density at radius 1 is 0.222 bits per heavy atom. The molecule has 6 aromatic carbocycles. The van der Waals surface area contributed by atoms with Gasteiger partial charge in [0, 0.05) is 32.9 Å². The normalized spacial score (nSPS) is 10.5. The third-order valence-corrected chi connectivity index (χ3v) is 13.2. The summed E-state index contributed by atoms with van der Waals surface area (Å²) in [4.78, 5) is 0. The average molecular weight is 674 g/mol. The number of hydrogen-bond acceptors (Lipinski definition) is 0. The van der Waals surface area contributed by atoms with Gasteiger partial charge in [-0.15, -0.1) is 0 Å². The Morgan fingerprint density at radius 2 is 0.356 bits per heavy atom. The van der Waals surface area contributed by atoms with Gasteiger partial charge in [0.15, 0.2) is 0 Å². The van der Waals surface area contributed by atoms with Crippen molar-refractivity contribution in [3.05, 3.63) is 215 Å². The van der Waals surface area contributed by atoms with Crippen molar-refractivity contribution in [1.82, 2.24) is 0 Å². The minimum atomic E-state index is -0.502. The van der Waals surface area contributed by atoms with Crippen LogP contribution in [0.25, 0.3) is 0 Å². The van der Waals surface area contributed by atoms with Gasteiger partial charge in [0.05, 0.1) is 37.0 Å². The molecule has 0 spiro atoms. The summed E-state index contributed by atoms with van der Waals surface area (Å²) in [5.74, 6) is 0. The van der Waals surface area contributed by atoms with E-state index < -0.39 is 15.8 Å². The van der Waals surface area contributed by atoms with E-state index in [4.69, 9.17) is 0 Å². The zero-order chi connectivity index (χ0) is 30.1. The van der Waals surface area contributed by atoms with E-state index in [1.807, 2.05) is 0 Å². The molecule has 1 radical (unpaired) electrons. The molecule has 0 nitrogen and oxygen atoms in total. The third-order valence-electron chi connectivity index (χ3n) is 7.78. The summed E-state index contributed by atoms with van der Waals surface area (Å²) >= 11 is 0. The molecule has 45 heavy (non-hydrogen) atoms. The van der Waals surface area contributed by atoms with Gasteiger partial charge >= 0.3 is 0 Å². The molecule has 0 aliphatic carbocycles. The van der Waals surface area contributed by atoms with Crippen molar-refractivity contribution in [2.45, 2.75) is 37.0 Å². The zero-order valence-electron chi connectivity index (χ0n) is 25.9. The molecule has 0 N–H and O–H groups in total. The fourth-order valence-electron chi connectivity index (χ4n) is 5.68. The SMILES string of the molecule is [Cu].c1ccc(C[PH+](Cc2ccccc2)Cc2ccccc2)cc1.c1ccc(C[PH+](Cc2ccccc2)Cc2ccccc2)cc1.